The van der Waals surface area contributed by atoms with Crippen LogP contribution in [-0.4, -0.2) is 26.7 Å². The zero-order valence-electron chi connectivity index (χ0n) is 18.9. The number of para-hydroxylation sites is 1. The Hall–Kier alpha value is -4.30. The van der Waals surface area contributed by atoms with Crippen molar-refractivity contribution in [2.24, 2.45) is 0 Å². The number of fused-ring (bicyclic) bond motifs is 3. The first kappa shape index (κ1) is 21.2. The number of ether oxygens (including phenoxy) is 2. The zero-order chi connectivity index (χ0) is 24.1. The Morgan fingerprint density at radius 1 is 1.11 bits per heavy atom. The summed E-state index contributed by atoms with van der Waals surface area (Å²) < 4.78 is 13.3. The maximum Gasteiger partial charge on any atom is 0.308 e. The molecule has 3 heterocycles. The van der Waals surface area contributed by atoms with Gasteiger partial charge in [0.1, 0.15) is 17.6 Å². The largest absolute Gasteiger partial charge is 0.485 e. The molecular weight excluding hydrogens is 462 g/mol. The van der Waals surface area contributed by atoms with Gasteiger partial charge in [-0.15, -0.1) is 5.10 Å². The van der Waals surface area contributed by atoms with E-state index in [0.717, 1.165) is 27.7 Å². The molecule has 1 aliphatic rings. The molecule has 0 aliphatic carbocycles. The van der Waals surface area contributed by atoms with Crippen molar-refractivity contribution in [3.63, 3.8) is 0 Å². The summed E-state index contributed by atoms with van der Waals surface area (Å²) in [5.74, 6) is 1.06. The van der Waals surface area contributed by atoms with Crippen LogP contribution in [0.3, 0.4) is 0 Å². The number of thiazole rings is 1. The standard InChI is InChI=1S/C27H19N3O4S/c1-15-19(13-18-8-4-6-10-21(18)33-15)14-23-26(32)30-27(35-23)28-25(29-30)24-20-9-5-3-7-17(20)11-12-22(24)34-16(2)31/h3-15H,1-2H3. The highest BCUT2D eigenvalue weighted by Crippen LogP contribution is 2.36. The molecule has 172 valence electrons. The van der Waals surface area contributed by atoms with Gasteiger partial charge in [0.05, 0.1) is 10.1 Å². The molecule has 5 aromatic rings. The van der Waals surface area contributed by atoms with Crippen LogP contribution in [-0.2, 0) is 4.79 Å². The van der Waals surface area contributed by atoms with Crippen LogP contribution < -0.4 is 19.6 Å². The number of aromatic nitrogens is 3. The molecule has 0 fully saturated rings. The lowest BCUT2D eigenvalue weighted by Crippen LogP contribution is -2.26. The second-order valence-corrected chi connectivity index (χ2v) is 9.25. The minimum atomic E-state index is -0.442. The Morgan fingerprint density at radius 3 is 2.74 bits per heavy atom. The molecule has 2 aromatic heterocycles. The summed E-state index contributed by atoms with van der Waals surface area (Å²) >= 11 is 1.26. The number of esters is 1. The Bertz CT molecular complexity index is 1780. The lowest BCUT2D eigenvalue weighted by atomic mass is 10.0. The Labute approximate surface area is 203 Å². The third-order valence-corrected chi connectivity index (χ3v) is 6.82. The highest BCUT2D eigenvalue weighted by Gasteiger charge is 2.21. The molecule has 0 amide bonds. The van der Waals surface area contributed by atoms with Gasteiger partial charge in [0.15, 0.2) is 5.82 Å². The van der Waals surface area contributed by atoms with Gasteiger partial charge in [0, 0.05) is 12.5 Å². The molecule has 0 N–H and O–H groups in total. The van der Waals surface area contributed by atoms with Gasteiger partial charge in [-0.1, -0.05) is 59.9 Å². The van der Waals surface area contributed by atoms with Crippen molar-refractivity contribution >= 4 is 45.2 Å². The maximum atomic E-state index is 13.2. The van der Waals surface area contributed by atoms with Crippen molar-refractivity contribution in [3.8, 4) is 22.9 Å². The first-order chi connectivity index (χ1) is 17.0. The molecule has 3 aromatic carbocycles. The zero-order valence-corrected chi connectivity index (χ0v) is 19.7. The summed E-state index contributed by atoms with van der Waals surface area (Å²) in [6.45, 7) is 3.30. The van der Waals surface area contributed by atoms with Crippen LogP contribution in [0.5, 0.6) is 11.5 Å². The Kier molecular flexibility index (Phi) is 4.96. The molecular formula is C27H19N3O4S. The Morgan fingerprint density at radius 2 is 1.91 bits per heavy atom. The van der Waals surface area contributed by atoms with Crippen molar-refractivity contribution in [2.45, 2.75) is 20.0 Å². The van der Waals surface area contributed by atoms with Crippen LogP contribution in [0.2, 0.25) is 0 Å². The van der Waals surface area contributed by atoms with Gasteiger partial charge in [0.2, 0.25) is 4.96 Å². The topological polar surface area (TPSA) is 82.8 Å². The van der Waals surface area contributed by atoms with Crippen LogP contribution in [0.25, 0.3) is 39.3 Å². The molecule has 35 heavy (non-hydrogen) atoms. The van der Waals surface area contributed by atoms with Gasteiger partial charge >= 0.3 is 5.97 Å². The van der Waals surface area contributed by atoms with Gasteiger partial charge in [-0.2, -0.15) is 9.50 Å². The van der Waals surface area contributed by atoms with E-state index < -0.39 is 5.97 Å². The molecule has 1 unspecified atom stereocenters. The fourth-order valence-corrected chi connectivity index (χ4v) is 5.14. The van der Waals surface area contributed by atoms with Gasteiger partial charge in [-0.3, -0.25) is 9.59 Å². The molecule has 0 saturated heterocycles. The average Bonchev–Trinajstić information content (AvgIpc) is 3.38. The Balaban J connectivity index is 1.48. The van der Waals surface area contributed by atoms with Crippen LogP contribution in [0.1, 0.15) is 19.4 Å². The minimum absolute atomic E-state index is 0.191. The number of rotatable bonds is 3. The molecule has 0 bridgehead atoms. The third-order valence-electron chi connectivity index (χ3n) is 5.86. The van der Waals surface area contributed by atoms with E-state index in [0.29, 0.717) is 26.6 Å². The lowest BCUT2D eigenvalue weighted by molar-refractivity contribution is -0.131. The molecule has 6 rings (SSSR count). The maximum absolute atomic E-state index is 13.2. The predicted molar refractivity (Wildman–Crippen MR) is 136 cm³/mol. The van der Waals surface area contributed by atoms with E-state index in [1.54, 1.807) is 6.07 Å². The third kappa shape index (κ3) is 3.68. The minimum Gasteiger partial charge on any atom is -0.485 e. The fraction of sp³-hybridized carbons (Fsp3) is 0.111. The quantitative estimate of drug-likeness (QED) is 0.283. The van der Waals surface area contributed by atoms with Crippen molar-refractivity contribution in [1.29, 1.82) is 0 Å². The summed E-state index contributed by atoms with van der Waals surface area (Å²) in [4.78, 5) is 30.0. The molecule has 1 atom stereocenters. The molecule has 0 radical (unpaired) electrons. The van der Waals surface area contributed by atoms with E-state index in [2.05, 4.69) is 10.1 Å². The summed E-state index contributed by atoms with van der Waals surface area (Å²) in [6.07, 6.45) is 3.68. The number of hydrogen-bond acceptors (Lipinski definition) is 7. The average molecular weight is 482 g/mol. The van der Waals surface area contributed by atoms with E-state index in [1.807, 2.05) is 73.7 Å². The molecule has 7 nitrogen and oxygen atoms in total. The number of carbonyl (C=O) groups is 1. The summed E-state index contributed by atoms with van der Waals surface area (Å²) in [5.41, 5.74) is 2.19. The lowest BCUT2D eigenvalue weighted by Gasteiger charge is -2.22. The first-order valence-corrected chi connectivity index (χ1v) is 11.9. The summed E-state index contributed by atoms with van der Waals surface area (Å²) in [5, 5.41) is 6.30. The van der Waals surface area contributed by atoms with Crippen LogP contribution >= 0.6 is 11.3 Å². The van der Waals surface area contributed by atoms with Crippen molar-refractivity contribution in [3.05, 3.63) is 86.7 Å². The smallest absolute Gasteiger partial charge is 0.308 e. The second-order valence-electron chi connectivity index (χ2n) is 8.24. The second kappa shape index (κ2) is 8.18. The molecule has 0 spiro atoms. The monoisotopic (exact) mass is 481 g/mol. The van der Waals surface area contributed by atoms with Gasteiger partial charge in [-0.05, 0) is 47.6 Å². The van der Waals surface area contributed by atoms with Crippen LogP contribution in [0.15, 0.2) is 71.0 Å². The van der Waals surface area contributed by atoms with Crippen molar-refractivity contribution in [1.82, 2.24) is 14.6 Å². The van der Waals surface area contributed by atoms with Crippen molar-refractivity contribution < 1.29 is 14.3 Å². The normalized spacial score (nSPS) is 15.7. The van der Waals surface area contributed by atoms with E-state index in [-0.39, 0.29) is 11.7 Å². The van der Waals surface area contributed by atoms with E-state index in [1.165, 1.54) is 22.8 Å². The van der Waals surface area contributed by atoms with Crippen LogP contribution in [0.4, 0.5) is 0 Å². The van der Waals surface area contributed by atoms with Gasteiger partial charge in [-0.25, -0.2) is 0 Å². The SMILES string of the molecule is CC(=O)Oc1ccc2ccccc2c1-c1nc2sc(=CC3=Cc4ccccc4OC3C)c(=O)n2n1. The first-order valence-electron chi connectivity index (χ1n) is 11.1. The van der Waals surface area contributed by atoms with Crippen molar-refractivity contribution in [2.75, 3.05) is 0 Å². The van der Waals surface area contributed by atoms with E-state index in [9.17, 15) is 9.59 Å². The molecule has 8 heteroatoms. The summed E-state index contributed by atoms with van der Waals surface area (Å²) in [6, 6.07) is 19.1. The fourth-order valence-electron chi connectivity index (χ4n) is 4.23. The van der Waals surface area contributed by atoms with E-state index >= 15 is 0 Å². The highest BCUT2D eigenvalue weighted by atomic mass is 32.1. The molecule has 0 saturated carbocycles. The number of nitrogens with zero attached hydrogens (tertiary/aromatic N) is 3. The summed E-state index contributed by atoms with van der Waals surface area (Å²) in [7, 11) is 0. The van der Waals surface area contributed by atoms with Crippen LogP contribution in [0, 0.1) is 0 Å². The predicted octanol–water partition coefficient (Wildman–Crippen LogP) is 4.26. The highest BCUT2D eigenvalue weighted by molar-refractivity contribution is 7.15. The van der Waals surface area contributed by atoms with Gasteiger partial charge in [0.25, 0.3) is 5.56 Å². The number of carbonyl (C=O) groups excluding carboxylic acids is 1. The number of benzene rings is 3. The van der Waals surface area contributed by atoms with E-state index in [4.69, 9.17) is 9.47 Å². The van der Waals surface area contributed by atoms with Gasteiger partial charge < -0.3 is 9.47 Å². The number of hydrogen-bond donors (Lipinski definition) is 0. The molecule has 1 aliphatic heterocycles.